The van der Waals surface area contributed by atoms with Gasteiger partial charge in [-0.3, -0.25) is 0 Å². The van der Waals surface area contributed by atoms with Crippen molar-refractivity contribution in [3.05, 3.63) is 143 Å². The Morgan fingerprint density at radius 2 is 1.40 bits per heavy atom. The molecule has 0 radical (unpaired) electrons. The topological polar surface area (TPSA) is 3.24 Å². The minimum absolute atomic E-state index is 0.422. The van der Waals surface area contributed by atoms with Crippen LogP contribution in [0.15, 0.2) is 138 Å². The molecule has 184 valence electrons. The maximum Gasteiger partial charge on any atom is 0.0662 e. The summed E-state index contributed by atoms with van der Waals surface area (Å²) < 4.78 is 0. The van der Waals surface area contributed by atoms with Gasteiger partial charge in [0.1, 0.15) is 0 Å². The van der Waals surface area contributed by atoms with E-state index in [1.807, 2.05) is 6.08 Å². The lowest BCUT2D eigenvalue weighted by Crippen LogP contribution is -2.40. The van der Waals surface area contributed by atoms with Crippen molar-refractivity contribution < 1.29 is 0 Å². The van der Waals surface area contributed by atoms with Crippen LogP contribution in [0.4, 0.5) is 0 Å². The number of benzene rings is 1. The molecule has 1 aromatic rings. The number of rotatable bonds is 10. The van der Waals surface area contributed by atoms with Gasteiger partial charge in [0.25, 0.3) is 0 Å². The molecule has 1 heterocycles. The summed E-state index contributed by atoms with van der Waals surface area (Å²) in [4.78, 5) is 2.41. The van der Waals surface area contributed by atoms with E-state index in [1.54, 1.807) is 0 Å². The van der Waals surface area contributed by atoms with E-state index in [0.29, 0.717) is 0 Å². The first-order chi connectivity index (χ1) is 17.0. The second kappa shape index (κ2) is 13.5. The minimum atomic E-state index is -0.422. The van der Waals surface area contributed by atoms with Gasteiger partial charge in [-0.25, -0.2) is 0 Å². The van der Waals surface area contributed by atoms with E-state index in [1.165, 1.54) is 39.4 Å². The van der Waals surface area contributed by atoms with Crippen molar-refractivity contribution >= 4 is 0 Å². The molecule has 1 aliphatic heterocycles. The zero-order valence-electron chi connectivity index (χ0n) is 22.8. The highest BCUT2D eigenvalue weighted by Gasteiger charge is 2.45. The number of allylic oxidation sites excluding steroid dienone is 14. The first-order valence-corrected chi connectivity index (χ1v) is 12.9. The summed E-state index contributed by atoms with van der Waals surface area (Å²) in [5.41, 5.74) is 8.23. The van der Waals surface area contributed by atoms with Gasteiger partial charge in [-0.2, -0.15) is 0 Å². The molecule has 0 saturated carbocycles. The Bertz CT molecular complexity index is 1070. The van der Waals surface area contributed by atoms with Gasteiger partial charge in [-0.15, -0.1) is 0 Å². The van der Waals surface area contributed by atoms with Crippen molar-refractivity contribution in [2.75, 3.05) is 0 Å². The quantitative estimate of drug-likeness (QED) is 0.311. The molecule has 0 N–H and O–H groups in total. The van der Waals surface area contributed by atoms with Crippen LogP contribution in [0.2, 0.25) is 0 Å². The van der Waals surface area contributed by atoms with Gasteiger partial charge in [0.15, 0.2) is 0 Å². The van der Waals surface area contributed by atoms with Gasteiger partial charge in [0.2, 0.25) is 0 Å². The number of hydrogen-bond acceptors (Lipinski definition) is 1. The summed E-state index contributed by atoms with van der Waals surface area (Å²) in [6.45, 7) is 19.3. The smallest absolute Gasteiger partial charge is 0.0662 e. The van der Waals surface area contributed by atoms with Crippen LogP contribution in [0.25, 0.3) is 0 Å². The lowest BCUT2D eigenvalue weighted by atomic mass is 9.61. The summed E-state index contributed by atoms with van der Waals surface area (Å²) in [5, 5.41) is 0. The molecule has 1 aromatic carbocycles. The largest absolute Gasteiger partial charge is 0.311 e. The summed E-state index contributed by atoms with van der Waals surface area (Å²) >= 11 is 0. The fourth-order valence-corrected chi connectivity index (χ4v) is 5.06. The molecule has 0 fully saturated rings. The molecule has 0 saturated heterocycles. The third-order valence-electron chi connectivity index (χ3n) is 6.57. The van der Waals surface area contributed by atoms with Gasteiger partial charge in [0, 0.05) is 17.1 Å². The SMILES string of the molecule is C=C/C=C(\C=C/CC)C1(c2ccccc2)C(C)=C(/C=C\C)N(C(/C=C\CC)=C/C)C(/C=C\C)=C1C. The van der Waals surface area contributed by atoms with E-state index in [9.17, 15) is 0 Å². The fourth-order valence-electron chi connectivity index (χ4n) is 5.06. The molecule has 1 heteroatoms. The zero-order valence-corrected chi connectivity index (χ0v) is 22.8. The molecule has 0 atom stereocenters. The zero-order chi connectivity index (χ0) is 25.8. The highest BCUT2D eigenvalue weighted by Crippen LogP contribution is 2.53. The molecule has 1 nitrogen and oxygen atoms in total. The van der Waals surface area contributed by atoms with E-state index in [4.69, 9.17) is 0 Å². The molecule has 0 amide bonds. The monoisotopic (exact) mass is 465 g/mol. The van der Waals surface area contributed by atoms with Crippen LogP contribution in [-0.4, -0.2) is 4.90 Å². The van der Waals surface area contributed by atoms with Gasteiger partial charge >= 0.3 is 0 Å². The molecular weight excluding hydrogens is 422 g/mol. The summed E-state index contributed by atoms with van der Waals surface area (Å²) in [5.74, 6) is 0. The molecule has 0 bridgehead atoms. The first-order valence-electron chi connectivity index (χ1n) is 12.9. The van der Waals surface area contributed by atoms with E-state index >= 15 is 0 Å². The molecule has 1 aliphatic rings. The second-order valence-corrected chi connectivity index (χ2v) is 8.66. The molecule has 35 heavy (non-hydrogen) atoms. The van der Waals surface area contributed by atoms with E-state index in [2.05, 4.69) is 151 Å². The summed E-state index contributed by atoms with van der Waals surface area (Å²) in [6.07, 6.45) is 26.1. The summed E-state index contributed by atoms with van der Waals surface area (Å²) in [6, 6.07) is 10.9. The Labute approximate surface area is 214 Å². The Kier molecular flexibility index (Phi) is 10.8. The van der Waals surface area contributed by atoms with Crippen LogP contribution >= 0.6 is 0 Å². The van der Waals surface area contributed by atoms with Crippen molar-refractivity contribution in [3.63, 3.8) is 0 Å². The van der Waals surface area contributed by atoms with E-state index in [0.717, 1.165) is 12.8 Å². The van der Waals surface area contributed by atoms with E-state index < -0.39 is 5.41 Å². The Hall–Kier alpha value is -3.32. The average Bonchev–Trinajstić information content (AvgIpc) is 2.87. The van der Waals surface area contributed by atoms with Gasteiger partial charge < -0.3 is 4.90 Å². The molecule has 2 rings (SSSR count). The van der Waals surface area contributed by atoms with Gasteiger partial charge in [0.05, 0.1) is 5.41 Å². The van der Waals surface area contributed by atoms with Crippen LogP contribution in [-0.2, 0) is 5.41 Å². The third-order valence-corrected chi connectivity index (χ3v) is 6.57. The molecule has 0 aliphatic carbocycles. The Morgan fingerprint density at radius 3 is 1.86 bits per heavy atom. The van der Waals surface area contributed by atoms with Crippen molar-refractivity contribution in [2.45, 2.75) is 66.7 Å². The summed E-state index contributed by atoms with van der Waals surface area (Å²) in [7, 11) is 0. The molecule has 0 spiro atoms. The average molecular weight is 466 g/mol. The highest BCUT2D eigenvalue weighted by molar-refractivity contribution is 5.66. The predicted octanol–water partition coefficient (Wildman–Crippen LogP) is 9.89. The fraction of sp³-hybridized carbons (Fsp3) is 0.294. The van der Waals surface area contributed by atoms with Crippen LogP contribution in [0.1, 0.15) is 66.9 Å². The van der Waals surface area contributed by atoms with Crippen LogP contribution in [0.5, 0.6) is 0 Å². The Balaban J connectivity index is 3.17. The van der Waals surface area contributed by atoms with E-state index in [-0.39, 0.29) is 0 Å². The normalized spacial score (nSPS) is 17.7. The van der Waals surface area contributed by atoms with Gasteiger partial charge in [-0.05, 0) is 88.0 Å². The second-order valence-electron chi connectivity index (χ2n) is 8.66. The first kappa shape index (κ1) is 27.9. The molecular formula is C34H43N. The van der Waals surface area contributed by atoms with Crippen molar-refractivity contribution in [3.8, 4) is 0 Å². The lowest BCUT2D eigenvalue weighted by Gasteiger charge is -2.47. The van der Waals surface area contributed by atoms with Crippen LogP contribution in [0, 0.1) is 0 Å². The number of nitrogens with zero attached hydrogens (tertiary/aromatic N) is 1. The molecule has 0 aromatic heterocycles. The van der Waals surface area contributed by atoms with Crippen molar-refractivity contribution in [1.82, 2.24) is 4.90 Å². The van der Waals surface area contributed by atoms with Crippen LogP contribution in [0.3, 0.4) is 0 Å². The highest BCUT2D eigenvalue weighted by atomic mass is 15.2. The maximum atomic E-state index is 4.08. The standard InChI is InChI=1S/C34H43N/c1-9-15-23-29(20-11-3)34(30-24-18-17-19-25-30)27(7)32(21-12-4)35(31(14-6)26-16-10-2)33(22-13-5)28(34)8/h11-26H,3,9-10H2,1-2,4-8H3/b21-12-,22-13-,23-15-,26-16-,29-20+,31-14+. The minimum Gasteiger partial charge on any atom is -0.311 e. The number of hydrogen-bond donors (Lipinski definition) is 0. The van der Waals surface area contributed by atoms with Crippen LogP contribution < -0.4 is 0 Å². The van der Waals surface area contributed by atoms with Crippen molar-refractivity contribution in [1.29, 1.82) is 0 Å². The maximum absolute atomic E-state index is 4.08. The predicted molar refractivity (Wildman–Crippen MR) is 156 cm³/mol. The molecule has 0 unspecified atom stereocenters. The lowest BCUT2D eigenvalue weighted by molar-refractivity contribution is 0.497. The van der Waals surface area contributed by atoms with Gasteiger partial charge in [-0.1, -0.05) is 99.4 Å². The van der Waals surface area contributed by atoms with Crippen molar-refractivity contribution in [2.24, 2.45) is 0 Å². The Morgan fingerprint density at radius 1 is 0.857 bits per heavy atom. The third kappa shape index (κ3) is 5.51.